The lowest BCUT2D eigenvalue weighted by Gasteiger charge is -2.45. The zero-order valence-corrected chi connectivity index (χ0v) is 15.0. The van der Waals surface area contributed by atoms with Crippen molar-refractivity contribution in [1.29, 1.82) is 0 Å². The summed E-state index contributed by atoms with van der Waals surface area (Å²) in [6.07, 6.45) is 3.80. The molecule has 0 saturated heterocycles. The molecular weight excluding hydrogens is 268 g/mol. The van der Waals surface area contributed by atoms with Crippen LogP contribution in [0.5, 0.6) is 5.75 Å². The molecule has 2 aliphatic rings. The van der Waals surface area contributed by atoms with E-state index in [1.165, 1.54) is 12.0 Å². The Hall–Kier alpha value is -1.24. The van der Waals surface area contributed by atoms with Crippen LogP contribution in [0.3, 0.4) is 0 Å². The number of allylic oxidation sites excluding steroid dienone is 1. The zero-order chi connectivity index (χ0) is 16.1. The first kappa shape index (κ1) is 15.6. The van der Waals surface area contributed by atoms with Gasteiger partial charge in [0.15, 0.2) is 0 Å². The Labute approximate surface area is 135 Å². The van der Waals surface area contributed by atoms with E-state index in [2.05, 4.69) is 65.8 Å². The Kier molecular flexibility index (Phi) is 3.66. The van der Waals surface area contributed by atoms with Crippen LogP contribution in [0, 0.1) is 16.7 Å². The second kappa shape index (κ2) is 5.15. The van der Waals surface area contributed by atoms with Crippen LogP contribution in [0.1, 0.15) is 59.9 Å². The van der Waals surface area contributed by atoms with Crippen molar-refractivity contribution in [3.05, 3.63) is 41.0 Å². The van der Waals surface area contributed by atoms with Crippen LogP contribution < -0.4 is 4.74 Å². The van der Waals surface area contributed by atoms with Crippen molar-refractivity contribution in [3.8, 4) is 5.75 Å². The first-order valence-corrected chi connectivity index (χ1v) is 8.64. The molecule has 1 nitrogen and oxygen atoms in total. The maximum Gasteiger partial charge on any atom is 0.122 e. The fourth-order valence-corrected chi connectivity index (χ4v) is 4.10. The summed E-state index contributed by atoms with van der Waals surface area (Å²) in [5.41, 5.74) is 5.17. The summed E-state index contributed by atoms with van der Waals surface area (Å²) < 4.78 is 6.39. The second-order valence-electron chi connectivity index (χ2n) is 9.09. The van der Waals surface area contributed by atoms with Crippen LogP contribution in [0.15, 0.2) is 35.4 Å². The van der Waals surface area contributed by atoms with Gasteiger partial charge >= 0.3 is 0 Å². The molecule has 1 aromatic carbocycles. The van der Waals surface area contributed by atoms with Crippen LogP contribution in [-0.4, -0.2) is 6.10 Å². The van der Waals surface area contributed by atoms with Gasteiger partial charge in [-0.3, -0.25) is 0 Å². The molecule has 0 bridgehead atoms. The number of hydrogen-bond acceptors (Lipinski definition) is 1. The van der Waals surface area contributed by atoms with Crippen LogP contribution >= 0.6 is 0 Å². The van der Waals surface area contributed by atoms with Gasteiger partial charge in [-0.25, -0.2) is 0 Å². The lowest BCUT2D eigenvalue weighted by Crippen LogP contribution is -2.40. The van der Waals surface area contributed by atoms with E-state index in [9.17, 15) is 0 Å². The minimum Gasteiger partial charge on any atom is -0.490 e. The Bertz CT molecular complexity index is 542. The average molecular weight is 298 g/mol. The van der Waals surface area contributed by atoms with Gasteiger partial charge in [0.1, 0.15) is 11.9 Å². The average Bonchev–Trinajstić information content (AvgIpc) is 2.41. The van der Waals surface area contributed by atoms with E-state index in [0.717, 1.165) is 18.6 Å². The normalized spacial score (nSPS) is 25.4. The van der Waals surface area contributed by atoms with Gasteiger partial charge in [0.05, 0.1) is 0 Å². The summed E-state index contributed by atoms with van der Waals surface area (Å²) in [7, 11) is 0. The van der Waals surface area contributed by atoms with Crippen LogP contribution in [0.4, 0.5) is 0 Å². The molecule has 3 rings (SSSR count). The van der Waals surface area contributed by atoms with Crippen molar-refractivity contribution in [2.24, 2.45) is 16.7 Å². The van der Waals surface area contributed by atoms with E-state index in [-0.39, 0.29) is 10.8 Å². The molecule has 2 atom stereocenters. The van der Waals surface area contributed by atoms with Gasteiger partial charge in [-0.1, -0.05) is 70.9 Å². The predicted molar refractivity (Wildman–Crippen MR) is 93.2 cm³/mol. The highest BCUT2D eigenvalue weighted by Crippen LogP contribution is 2.49. The quantitative estimate of drug-likeness (QED) is 0.551. The largest absolute Gasteiger partial charge is 0.490 e. The van der Waals surface area contributed by atoms with E-state index >= 15 is 0 Å². The lowest BCUT2D eigenvalue weighted by molar-refractivity contribution is 0.0925. The summed E-state index contributed by atoms with van der Waals surface area (Å²) in [6.45, 7) is 14.2. The Morgan fingerprint density at radius 2 is 1.41 bits per heavy atom. The van der Waals surface area contributed by atoms with Crippen LogP contribution in [0.2, 0.25) is 0 Å². The highest BCUT2D eigenvalue weighted by Gasteiger charge is 2.40. The molecule has 1 aliphatic carbocycles. The third-order valence-electron chi connectivity index (χ3n) is 5.31. The third kappa shape index (κ3) is 2.83. The number of fused-ring (bicyclic) bond motifs is 2. The molecular formula is C21H30O. The maximum atomic E-state index is 6.39. The summed E-state index contributed by atoms with van der Waals surface area (Å²) >= 11 is 0. The van der Waals surface area contributed by atoms with Gasteiger partial charge in [0.2, 0.25) is 0 Å². The van der Waals surface area contributed by atoms with Crippen molar-refractivity contribution < 1.29 is 4.74 Å². The Morgan fingerprint density at radius 1 is 0.818 bits per heavy atom. The Morgan fingerprint density at radius 3 is 2.05 bits per heavy atom. The van der Waals surface area contributed by atoms with Crippen molar-refractivity contribution in [3.63, 3.8) is 0 Å². The molecule has 120 valence electrons. The van der Waals surface area contributed by atoms with E-state index in [4.69, 9.17) is 4.74 Å². The van der Waals surface area contributed by atoms with Gasteiger partial charge in [0, 0.05) is 12.3 Å². The van der Waals surface area contributed by atoms with Crippen LogP contribution in [0.25, 0.3) is 0 Å². The zero-order valence-electron chi connectivity index (χ0n) is 15.0. The summed E-state index contributed by atoms with van der Waals surface area (Å²) in [6, 6.07) is 8.58. The molecule has 0 radical (unpaired) electrons. The molecule has 2 unspecified atom stereocenters. The summed E-state index contributed by atoms with van der Waals surface area (Å²) in [5.74, 6) is 1.74. The molecule has 0 fully saturated rings. The van der Waals surface area contributed by atoms with Gasteiger partial charge in [-0.05, 0) is 35.3 Å². The van der Waals surface area contributed by atoms with E-state index in [0.29, 0.717) is 12.0 Å². The van der Waals surface area contributed by atoms with Gasteiger partial charge in [0.25, 0.3) is 0 Å². The fourth-order valence-electron chi connectivity index (χ4n) is 4.10. The van der Waals surface area contributed by atoms with Crippen molar-refractivity contribution in [2.45, 2.75) is 66.9 Å². The number of ether oxygens (including phenoxy) is 1. The predicted octanol–water partition coefficient (Wildman–Crippen LogP) is 5.79. The molecule has 1 heterocycles. The maximum absolute atomic E-state index is 6.39. The third-order valence-corrected chi connectivity index (χ3v) is 5.31. The molecule has 1 heteroatoms. The highest BCUT2D eigenvalue weighted by molar-refractivity contribution is 5.38. The number of rotatable bonds is 0. The topological polar surface area (TPSA) is 9.23 Å². The van der Waals surface area contributed by atoms with Crippen LogP contribution in [-0.2, 0) is 6.42 Å². The molecule has 0 spiro atoms. The summed E-state index contributed by atoms with van der Waals surface area (Å²) in [5, 5.41) is 0. The molecule has 0 saturated carbocycles. The molecule has 1 aliphatic heterocycles. The van der Waals surface area contributed by atoms with E-state index in [1.54, 1.807) is 11.1 Å². The molecule has 1 aromatic rings. The second-order valence-corrected chi connectivity index (χ2v) is 9.09. The summed E-state index contributed by atoms with van der Waals surface area (Å²) in [4.78, 5) is 0. The first-order valence-electron chi connectivity index (χ1n) is 8.64. The minimum atomic E-state index is 0.230. The molecule has 22 heavy (non-hydrogen) atoms. The molecule has 0 aromatic heterocycles. The standard InChI is InChI=1S/C21H30O/c1-20(2,3)16-12-15-11-14-9-7-8-10-18(14)22-19(15)13-17(16)21(4,5)6/h7-10,15,19H,11-13H2,1-6H3. The van der Waals surface area contributed by atoms with Crippen molar-refractivity contribution in [2.75, 3.05) is 0 Å². The fraction of sp³-hybridized carbons (Fsp3) is 0.619. The first-order chi connectivity index (χ1) is 10.2. The van der Waals surface area contributed by atoms with Crippen molar-refractivity contribution in [1.82, 2.24) is 0 Å². The van der Waals surface area contributed by atoms with Gasteiger partial charge in [-0.15, -0.1) is 0 Å². The number of benzene rings is 1. The highest BCUT2D eigenvalue weighted by atomic mass is 16.5. The molecule has 0 amide bonds. The van der Waals surface area contributed by atoms with Gasteiger partial charge in [-0.2, -0.15) is 0 Å². The molecule has 0 N–H and O–H groups in total. The SMILES string of the molecule is CC(C)(C)C1=C(C(C)(C)C)CC2Oc3ccccc3CC2C1. The number of para-hydroxylation sites is 1. The number of hydrogen-bond donors (Lipinski definition) is 0. The minimum absolute atomic E-state index is 0.230. The smallest absolute Gasteiger partial charge is 0.122 e. The van der Waals surface area contributed by atoms with Gasteiger partial charge < -0.3 is 4.74 Å². The van der Waals surface area contributed by atoms with Crippen molar-refractivity contribution >= 4 is 0 Å². The van der Waals surface area contributed by atoms with E-state index < -0.39 is 0 Å². The monoisotopic (exact) mass is 298 g/mol. The Balaban J connectivity index is 1.97. The van der Waals surface area contributed by atoms with E-state index in [1.807, 2.05) is 0 Å². The lowest BCUT2D eigenvalue weighted by atomic mass is 9.64.